The predicted molar refractivity (Wildman–Crippen MR) is 78.6 cm³/mol. The average Bonchev–Trinajstić information content (AvgIpc) is 2.50. The van der Waals surface area contributed by atoms with Crippen molar-refractivity contribution in [3.8, 4) is 5.75 Å². The summed E-state index contributed by atoms with van der Waals surface area (Å²) in [5, 5.41) is 6.85. The van der Waals surface area contributed by atoms with Crippen LogP contribution in [0.15, 0.2) is 41.2 Å². The van der Waals surface area contributed by atoms with E-state index < -0.39 is 0 Å². The maximum absolute atomic E-state index is 12.0. The Labute approximate surface area is 122 Å². The lowest BCUT2D eigenvalue weighted by molar-refractivity contribution is 0.0951. The Morgan fingerprint density at radius 2 is 2.14 bits per heavy atom. The number of aromatic nitrogens is 2. The lowest BCUT2D eigenvalue weighted by Gasteiger charge is -2.08. The summed E-state index contributed by atoms with van der Waals surface area (Å²) in [7, 11) is 1.55. The Hall–Kier alpha value is -2.63. The molecule has 21 heavy (non-hydrogen) atoms. The van der Waals surface area contributed by atoms with Crippen LogP contribution < -0.4 is 15.6 Å². The van der Waals surface area contributed by atoms with Gasteiger partial charge in [-0.05, 0) is 31.2 Å². The average molecular weight is 287 g/mol. The van der Waals surface area contributed by atoms with Gasteiger partial charge in [-0.25, -0.2) is 4.68 Å². The maximum Gasteiger partial charge on any atom is 0.266 e. The van der Waals surface area contributed by atoms with Gasteiger partial charge in [0.15, 0.2) is 0 Å². The number of aryl methyl sites for hydroxylation is 1. The van der Waals surface area contributed by atoms with Gasteiger partial charge in [0.05, 0.1) is 19.3 Å². The van der Waals surface area contributed by atoms with Crippen molar-refractivity contribution < 1.29 is 9.53 Å². The molecule has 1 heterocycles. The third kappa shape index (κ3) is 3.92. The summed E-state index contributed by atoms with van der Waals surface area (Å²) >= 11 is 0. The van der Waals surface area contributed by atoms with Gasteiger partial charge in [-0.1, -0.05) is 6.07 Å². The second kappa shape index (κ2) is 6.69. The molecule has 0 spiro atoms. The van der Waals surface area contributed by atoms with Gasteiger partial charge in [0.25, 0.3) is 11.5 Å². The zero-order chi connectivity index (χ0) is 15.2. The highest BCUT2D eigenvalue weighted by molar-refractivity contribution is 5.94. The molecule has 6 nitrogen and oxygen atoms in total. The fourth-order valence-corrected chi connectivity index (χ4v) is 1.85. The predicted octanol–water partition coefficient (Wildman–Crippen LogP) is 0.990. The molecule has 1 amide bonds. The second-order valence-corrected chi connectivity index (χ2v) is 4.52. The SMILES string of the molecule is COc1cccc(C(=O)NCCn2nc(C)ccc2=O)c1. The van der Waals surface area contributed by atoms with Gasteiger partial charge in [0.2, 0.25) is 0 Å². The van der Waals surface area contributed by atoms with Gasteiger partial charge in [-0.3, -0.25) is 9.59 Å². The van der Waals surface area contributed by atoms with E-state index in [1.165, 1.54) is 10.7 Å². The van der Waals surface area contributed by atoms with Crippen LogP contribution in [-0.4, -0.2) is 29.3 Å². The number of methoxy groups -OCH3 is 1. The quantitative estimate of drug-likeness (QED) is 0.890. The number of nitrogens with zero attached hydrogens (tertiary/aromatic N) is 2. The first-order valence-corrected chi connectivity index (χ1v) is 6.57. The van der Waals surface area contributed by atoms with Crippen LogP contribution >= 0.6 is 0 Å². The van der Waals surface area contributed by atoms with Crippen LogP contribution in [0, 0.1) is 6.92 Å². The van der Waals surface area contributed by atoms with Crippen molar-refractivity contribution in [2.75, 3.05) is 13.7 Å². The number of carbonyl (C=O) groups excluding carboxylic acids is 1. The highest BCUT2D eigenvalue weighted by Gasteiger charge is 2.06. The number of hydrogen-bond acceptors (Lipinski definition) is 4. The van der Waals surface area contributed by atoms with Crippen molar-refractivity contribution in [1.82, 2.24) is 15.1 Å². The standard InChI is InChI=1S/C15H17N3O3/c1-11-6-7-14(19)18(17-11)9-8-16-15(20)12-4-3-5-13(10-12)21-2/h3-7,10H,8-9H2,1-2H3,(H,16,20). The van der Waals surface area contributed by atoms with Gasteiger partial charge >= 0.3 is 0 Å². The highest BCUT2D eigenvalue weighted by atomic mass is 16.5. The number of amides is 1. The normalized spacial score (nSPS) is 10.2. The summed E-state index contributed by atoms with van der Waals surface area (Å²) in [5.74, 6) is 0.411. The minimum absolute atomic E-state index is 0.184. The zero-order valence-electron chi connectivity index (χ0n) is 12.0. The summed E-state index contributed by atoms with van der Waals surface area (Å²) in [5.41, 5.74) is 1.09. The molecular formula is C15H17N3O3. The minimum atomic E-state index is -0.213. The Bertz CT molecular complexity index is 695. The molecule has 0 atom stereocenters. The largest absolute Gasteiger partial charge is 0.497 e. The Morgan fingerprint density at radius 3 is 2.90 bits per heavy atom. The topological polar surface area (TPSA) is 73.2 Å². The number of rotatable bonds is 5. The first kappa shape index (κ1) is 14.8. The molecule has 0 aliphatic heterocycles. The van der Waals surface area contributed by atoms with E-state index in [1.54, 1.807) is 37.4 Å². The summed E-state index contributed by atoms with van der Waals surface area (Å²) in [6.45, 7) is 2.47. The molecule has 1 aromatic heterocycles. The van der Waals surface area contributed by atoms with Crippen molar-refractivity contribution in [1.29, 1.82) is 0 Å². The number of ether oxygens (including phenoxy) is 1. The highest BCUT2D eigenvalue weighted by Crippen LogP contribution is 2.12. The third-order valence-electron chi connectivity index (χ3n) is 2.94. The fraction of sp³-hybridized carbons (Fsp3) is 0.267. The van der Waals surface area contributed by atoms with E-state index >= 15 is 0 Å². The van der Waals surface area contributed by atoms with E-state index in [0.717, 1.165) is 5.69 Å². The van der Waals surface area contributed by atoms with Crippen molar-refractivity contribution in [3.05, 3.63) is 58.0 Å². The zero-order valence-corrected chi connectivity index (χ0v) is 12.0. The van der Waals surface area contributed by atoms with E-state index in [2.05, 4.69) is 10.4 Å². The van der Waals surface area contributed by atoms with Crippen molar-refractivity contribution in [2.45, 2.75) is 13.5 Å². The Kier molecular flexibility index (Phi) is 4.71. The van der Waals surface area contributed by atoms with Crippen LogP contribution in [0.2, 0.25) is 0 Å². The third-order valence-corrected chi connectivity index (χ3v) is 2.94. The van der Waals surface area contributed by atoms with Gasteiger partial charge in [-0.2, -0.15) is 5.10 Å². The molecule has 0 saturated carbocycles. The lowest BCUT2D eigenvalue weighted by atomic mass is 10.2. The van der Waals surface area contributed by atoms with E-state index in [4.69, 9.17) is 4.74 Å². The van der Waals surface area contributed by atoms with Crippen LogP contribution in [0.1, 0.15) is 16.1 Å². The second-order valence-electron chi connectivity index (χ2n) is 4.52. The molecule has 0 unspecified atom stereocenters. The van der Waals surface area contributed by atoms with E-state index in [-0.39, 0.29) is 11.5 Å². The van der Waals surface area contributed by atoms with Gasteiger partial charge in [0.1, 0.15) is 5.75 Å². The number of hydrogen-bond donors (Lipinski definition) is 1. The van der Waals surface area contributed by atoms with Crippen LogP contribution in [0.4, 0.5) is 0 Å². The smallest absolute Gasteiger partial charge is 0.266 e. The van der Waals surface area contributed by atoms with Crippen LogP contribution in [0.5, 0.6) is 5.75 Å². The molecule has 6 heteroatoms. The first-order chi connectivity index (χ1) is 10.1. The Balaban J connectivity index is 1.95. The molecule has 2 aromatic rings. The molecule has 0 radical (unpaired) electrons. The van der Waals surface area contributed by atoms with Crippen LogP contribution in [0.25, 0.3) is 0 Å². The summed E-state index contributed by atoms with van der Waals surface area (Å²) in [6, 6.07) is 10.0. The molecule has 0 fully saturated rings. The molecule has 0 aliphatic carbocycles. The molecule has 1 N–H and O–H groups in total. The molecule has 0 aliphatic rings. The molecule has 0 saturated heterocycles. The van der Waals surface area contributed by atoms with E-state index in [1.807, 2.05) is 6.92 Å². The van der Waals surface area contributed by atoms with Gasteiger partial charge in [-0.15, -0.1) is 0 Å². The van der Waals surface area contributed by atoms with Gasteiger partial charge in [0, 0.05) is 18.2 Å². The molecule has 110 valence electrons. The van der Waals surface area contributed by atoms with Crippen molar-refractivity contribution in [2.24, 2.45) is 0 Å². The molecular weight excluding hydrogens is 270 g/mol. The van der Waals surface area contributed by atoms with E-state index in [0.29, 0.717) is 24.4 Å². The van der Waals surface area contributed by atoms with Crippen molar-refractivity contribution >= 4 is 5.91 Å². The first-order valence-electron chi connectivity index (χ1n) is 6.57. The van der Waals surface area contributed by atoms with Crippen molar-refractivity contribution in [3.63, 3.8) is 0 Å². The summed E-state index contributed by atoms with van der Waals surface area (Å²) < 4.78 is 6.41. The lowest BCUT2D eigenvalue weighted by Crippen LogP contribution is -2.32. The number of nitrogens with one attached hydrogen (secondary N) is 1. The Morgan fingerprint density at radius 1 is 1.33 bits per heavy atom. The molecule has 1 aromatic carbocycles. The maximum atomic E-state index is 12.0. The molecule has 0 bridgehead atoms. The van der Waals surface area contributed by atoms with Crippen LogP contribution in [0.3, 0.4) is 0 Å². The summed E-state index contributed by atoms with van der Waals surface area (Å²) in [4.78, 5) is 23.6. The number of carbonyl (C=O) groups is 1. The molecule has 2 rings (SSSR count). The van der Waals surface area contributed by atoms with Crippen LogP contribution in [-0.2, 0) is 6.54 Å². The minimum Gasteiger partial charge on any atom is -0.497 e. The summed E-state index contributed by atoms with van der Waals surface area (Å²) in [6.07, 6.45) is 0. The van der Waals surface area contributed by atoms with E-state index in [9.17, 15) is 9.59 Å². The van der Waals surface area contributed by atoms with Gasteiger partial charge < -0.3 is 10.1 Å². The fourth-order valence-electron chi connectivity index (χ4n) is 1.85. The number of benzene rings is 1. The monoisotopic (exact) mass is 287 g/mol.